The molecule has 1 fully saturated rings. The minimum absolute atomic E-state index is 0.280. The number of hydrogen-bond donors (Lipinski definition) is 2. The molecule has 2 N–H and O–H groups in total. The summed E-state index contributed by atoms with van der Waals surface area (Å²) in [5.74, 6) is 0. The summed E-state index contributed by atoms with van der Waals surface area (Å²) in [4.78, 5) is 2.14. The third-order valence-electron chi connectivity index (χ3n) is 3.86. The summed E-state index contributed by atoms with van der Waals surface area (Å²) in [6.07, 6.45) is 2.49. The van der Waals surface area contributed by atoms with Crippen LogP contribution in [-0.4, -0.2) is 46.9 Å². The van der Waals surface area contributed by atoms with Gasteiger partial charge in [0, 0.05) is 32.4 Å². The number of benzene rings is 1. The highest BCUT2D eigenvalue weighted by Gasteiger charge is 2.26. The first kappa shape index (κ1) is 16.3. The van der Waals surface area contributed by atoms with Crippen molar-refractivity contribution in [3.05, 3.63) is 30.3 Å². The van der Waals surface area contributed by atoms with Gasteiger partial charge in [0.1, 0.15) is 0 Å². The lowest BCUT2D eigenvalue weighted by molar-refractivity contribution is 0.489. The molecule has 0 aliphatic carbocycles. The Bertz CT molecular complexity index is 513. The minimum atomic E-state index is -3.18. The third-order valence-corrected chi connectivity index (χ3v) is 5.75. The number of nitrogens with one attached hydrogen (secondary N) is 2. The Morgan fingerprint density at radius 3 is 2.76 bits per heavy atom. The molecule has 6 heteroatoms. The molecule has 0 aromatic heterocycles. The molecule has 5 nitrogen and oxygen atoms in total. The van der Waals surface area contributed by atoms with Gasteiger partial charge in [-0.15, -0.1) is 0 Å². The van der Waals surface area contributed by atoms with Crippen molar-refractivity contribution in [1.82, 2.24) is 10.0 Å². The molecule has 1 aromatic rings. The monoisotopic (exact) mass is 311 g/mol. The number of anilines is 1. The molecular weight excluding hydrogens is 286 g/mol. The summed E-state index contributed by atoms with van der Waals surface area (Å²) in [5, 5.41) is 2.86. The van der Waals surface area contributed by atoms with Gasteiger partial charge in [0.25, 0.3) is 0 Å². The highest BCUT2D eigenvalue weighted by molar-refractivity contribution is 7.90. The van der Waals surface area contributed by atoms with E-state index in [2.05, 4.69) is 27.1 Å². The van der Waals surface area contributed by atoms with Gasteiger partial charge in [0.2, 0.25) is 10.0 Å². The topological polar surface area (TPSA) is 61.4 Å². The average Bonchev–Trinajstić information content (AvgIpc) is 2.53. The highest BCUT2D eigenvalue weighted by atomic mass is 32.2. The standard InChI is InChI=1S/C15H25N3O2S/c1-18(14-7-3-2-4-8-14)12-6-11-17-21(19,20)15-9-5-10-16-13-15/h2-4,7-8,15-17H,5-6,9-13H2,1H3. The van der Waals surface area contributed by atoms with Gasteiger partial charge in [-0.05, 0) is 37.9 Å². The van der Waals surface area contributed by atoms with E-state index in [1.165, 1.54) is 0 Å². The van der Waals surface area contributed by atoms with Crippen molar-refractivity contribution in [3.8, 4) is 0 Å². The molecule has 1 unspecified atom stereocenters. The fourth-order valence-electron chi connectivity index (χ4n) is 2.54. The lowest BCUT2D eigenvalue weighted by atomic mass is 10.2. The third kappa shape index (κ3) is 4.98. The normalized spacial score (nSPS) is 19.4. The fourth-order valence-corrected chi connectivity index (χ4v) is 4.02. The molecular formula is C15H25N3O2S. The van der Waals surface area contributed by atoms with E-state index < -0.39 is 10.0 Å². The molecule has 0 saturated carbocycles. The highest BCUT2D eigenvalue weighted by Crippen LogP contribution is 2.12. The Hall–Kier alpha value is -1.11. The summed E-state index contributed by atoms with van der Waals surface area (Å²) in [6, 6.07) is 10.1. The maximum absolute atomic E-state index is 12.1. The predicted molar refractivity (Wildman–Crippen MR) is 87.1 cm³/mol. The lowest BCUT2D eigenvalue weighted by Crippen LogP contribution is -2.44. The molecule has 0 amide bonds. The molecule has 1 heterocycles. The zero-order valence-corrected chi connectivity index (χ0v) is 13.4. The van der Waals surface area contributed by atoms with Crippen LogP contribution in [0.4, 0.5) is 5.69 Å². The van der Waals surface area contributed by atoms with Gasteiger partial charge in [-0.1, -0.05) is 18.2 Å². The molecule has 0 bridgehead atoms. The molecule has 1 aliphatic heterocycles. The second-order valence-electron chi connectivity index (χ2n) is 5.52. The van der Waals surface area contributed by atoms with Gasteiger partial charge in [-0.25, -0.2) is 13.1 Å². The predicted octanol–water partition coefficient (Wildman–Crippen LogP) is 1.18. The Kier molecular flexibility index (Phi) is 6.02. The first-order chi connectivity index (χ1) is 10.1. The number of nitrogens with zero attached hydrogens (tertiary/aromatic N) is 1. The van der Waals surface area contributed by atoms with Crippen LogP contribution in [0.1, 0.15) is 19.3 Å². The number of para-hydroxylation sites is 1. The van der Waals surface area contributed by atoms with Gasteiger partial charge in [-0.3, -0.25) is 0 Å². The summed E-state index contributed by atoms with van der Waals surface area (Å²) in [5.41, 5.74) is 1.15. The van der Waals surface area contributed by atoms with E-state index in [0.29, 0.717) is 13.1 Å². The van der Waals surface area contributed by atoms with Crippen LogP contribution in [-0.2, 0) is 10.0 Å². The van der Waals surface area contributed by atoms with Crippen LogP contribution in [0.25, 0.3) is 0 Å². The SMILES string of the molecule is CN(CCCNS(=O)(=O)C1CCCNC1)c1ccccc1. The van der Waals surface area contributed by atoms with Crippen LogP contribution in [0.5, 0.6) is 0 Å². The molecule has 1 atom stereocenters. The molecule has 0 radical (unpaired) electrons. The van der Waals surface area contributed by atoms with Crippen molar-refractivity contribution in [2.75, 3.05) is 38.1 Å². The van der Waals surface area contributed by atoms with E-state index in [1.807, 2.05) is 25.2 Å². The zero-order chi connectivity index (χ0) is 15.1. The Labute approximate surface area is 127 Å². The molecule has 1 aromatic carbocycles. The number of piperidine rings is 1. The second-order valence-corrected chi connectivity index (χ2v) is 7.56. The molecule has 0 spiro atoms. The van der Waals surface area contributed by atoms with E-state index in [1.54, 1.807) is 0 Å². The fraction of sp³-hybridized carbons (Fsp3) is 0.600. The van der Waals surface area contributed by atoms with E-state index >= 15 is 0 Å². The van der Waals surface area contributed by atoms with Crippen molar-refractivity contribution in [1.29, 1.82) is 0 Å². The quantitative estimate of drug-likeness (QED) is 0.743. The average molecular weight is 311 g/mol. The molecule has 1 saturated heterocycles. The number of sulfonamides is 1. The summed E-state index contributed by atoms with van der Waals surface area (Å²) in [7, 11) is -1.15. The second kappa shape index (κ2) is 7.77. The van der Waals surface area contributed by atoms with Crippen LogP contribution >= 0.6 is 0 Å². The van der Waals surface area contributed by atoms with Crippen LogP contribution in [0.2, 0.25) is 0 Å². The lowest BCUT2D eigenvalue weighted by Gasteiger charge is -2.23. The van der Waals surface area contributed by atoms with E-state index in [-0.39, 0.29) is 5.25 Å². The summed E-state index contributed by atoms with van der Waals surface area (Å²) < 4.78 is 27.0. The molecule has 2 rings (SSSR count). The van der Waals surface area contributed by atoms with Gasteiger partial charge in [-0.2, -0.15) is 0 Å². The van der Waals surface area contributed by atoms with Gasteiger partial charge < -0.3 is 10.2 Å². The van der Waals surface area contributed by atoms with Crippen LogP contribution in [0.15, 0.2) is 30.3 Å². The van der Waals surface area contributed by atoms with Gasteiger partial charge in [0.15, 0.2) is 0 Å². The van der Waals surface area contributed by atoms with Gasteiger partial charge in [0.05, 0.1) is 5.25 Å². The van der Waals surface area contributed by atoms with Crippen molar-refractivity contribution in [2.45, 2.75) is 24.5 Å². The van der Waals surface area contributed by atoms with Crippen LogP contribution in [0, 0.1) is 0 Å². The first-order valence-electron chi connectivity index (χ1n) is 7.55. The van der Waals surface area contributed by atoms with Crippen LogP contribution in [0.3, 0.4) is 0 Å². The van der Waals surface area contributed by atoms with Crippen LogP contribution < -0.4 is 14.9 Å². The molecule has 118 valence electrons. The molecule has 1 aliphatic rings. The Balaban J connectivity index is 1.71. The zero-order valence-electron chi connectivity index (χ0n) is 12.6. The molecule has 21 heavy (non-hydrogen) atoms. The smallest absolute Gasteiger partial charge is 0.215 e. The Morgan fingerprint density at radius 2 is 2.10 bits per heavy atom. The van der Waals surface area contributed by atoms with E-state index in [0.717, 1.165) is 38.0 Å². The summed E-state index contributed by atoms with van der Waals surface area (Å²) in [6.45, 7) is 2.82. The first-order valence-corrected chi connectivity index (χ1v) is 9.09. The van der Waals surface area contributed by atoms with Gasteiger partial charge >= 0.3 is 0 Å². The maximum atomic E-state index is 12.1. The van der Waals surface area contributed by atoms with E-state index in [9.17, 15) is 8.42 Å². The summed E-state index contributed by atoms with van der Waals surface area (Å²) >= 11 is 0. The van der Waals surface area contributed by atoms with Crippen molar-refractivity contribution in [2.24, 2.45) is 0 Å². The number of hydrogen-bond acceptors (Lipinski definition) is 4. The largest absolute Gasteiger partial charge is 0.375 e. The van der Waals surface area contributed by atoms with Crippen molar-refractivity contribution in [3.63, 3.8) is 0 Å². The number of rotatable bonds is 7. The Morgan fingerprint density at radius 1 is 1.33 bits per heavy atom. The minimum Gasteiger partial charge on any atom is -0.375 e. The maximum Gasteiger partial charge on any atom is 0.215 e. The van der Waals surface area contributed by atoms with Crippen molar-refractivity contribution < 1.29 is 8.42 Å². The van der Waals surface area contributed by atoms with E-state index in [4.69, 9.17) is 0 Å². The van der Waals surface area contributed by atoms with Crippen molar-refractivity contribution >= 4 is 15.7 Å².